The van der Waals surface area contributed by atoms with Crippen molar-refractivity contribution in [3.8, 4) is 22.4 Å². The van der Waals surface area contributed by atoms with Gasteiger partial charge in [0.2, 0.25) is 0 Å². The molecule has 0 bridgehead atoms. The predicted octanol–water partition coefficient (Wildman–Crippen LogP) is 7.57. The fourth-order valence-corrected chi connectivity index (χ4v) is 5.17. The normalized spacial score (nSPS) is 22.2. The molecule has 2 unspecified atom stereocenters. The molecule has 0 N–H and O–H groups in total. The summed E-state index contributed by atoms with van der Waals surface area (Å²) in [5.41, 5.74) is 9.29. The number of rotatable bonds is 2. The van der Waals surface area contributed by atoms with Crippen LogP contribution >= 0.6 is 0 Å². The van der Waals surface area contributed by atoms with E-state index >= 15 is 0 Å². The molecule has 2 aromatic carbocycles. The van der Waals surface area contributed by atoms with Crippen LogP contribution in [0.2, 0.25) is 0 Å². The molecule has 1 heterocycles. The molecular weight excluding hydrogens is 350 g/mol. The van der Waals surface area contributed by atoms with Crippen molar-refractivity contribution in [3.05, 3.63) is 77.5 Å². The zero-order valence-electron chi connectivity index (χ0n) is 18.9. The molecule has 1 aliphatic rings. The summed E-state index contributed by atoms with van der Waals surface area (Å²) in [6.07, 6.45) is 2.03. The molecule has 0 amide bonds. The smallest absolute Gasteiger partial charge is 0.0705 e. The Morgan fingerprint density at radius 1 is 0.724 bits per heavy atom. The van der Waals surface area contributed by atoms with E-state index in [4.69, 9.17) is 4.98 Å². The lowest BCUT2D eigenvalue weighted by Crippen LogP contribution is -2.46. The lowest BCUT2D eigenvalue weighted by molar-refractivity contribution is 0.145. The Morgan fingerprint density at radius 3 is 1.97 bits per heavy atom. The summed E-state index contributed by atoms with van der Waals surface area (Å²) in [6.45, 7) is 16.6. The molecule has 2 atom stereocenters. The topological polar surface area (TPSA) is 12.9 Å². The molecule has 1 heteroatoms. The van der Waals surface area contributed by atoms with Crippen LogP contribution in [-0.2, 0) is 10.8 Å². The Morgan fingerprint density at radius 2 is 1.34 bits per heavy atom. The van der Waals surface area contributed by atoms with Crippen molar-refractivity contribution in [2.24, 2.45) is 11.8 Å². The van der Waals surface area contributed by atoms with Gasteiger partial charge in [-0.3, -0.25) is 4.98 Å². The minimum absolute atomic E-state index is 0.152. The van der Waals surface area contributed by atoms with Gasteiger partial charge >= 0.3 is 0 Å². The average Bonchev–Trinajstić information content (AvgIpc) is 2.71. The minimum atomic E-state index is 0.152. The Hall–Kier alpha value is -2.41. The highest BCUT2D eigenvalue weighted by Crippen LogP contribution is 2.52. The fraction of sp³-hybridized carbons (Fsp3) is 0.393. The summed E-state index contributed by atoms with van der Waals surface area (Å²) in [5, 5.41) is 0. The van der Waals surface area contributed by atoms with E-state index in [2.05, 4.69) is 103 Å². The zero-order valence-corrected chi connectivity index (χ0v) is 18.9. The molecule has 0 radical (unpaired) electrons. The van der Waals surface area contributed by atoms with Gasteiger partial charge < -0.3 is 0 Å². The van der Waals surface area contributed by atoms with E-state index in [-0.39, 0.29) is 10.8 Å². The van der Waals surface area contributed by atoms with Crippen molar-refractivity contribution in [1.82, 2.24) is 4.98 Å². The molecular formula is C28H33N. The molecule has 4 rings (SSSR count). The maximum Gasteiger partial charge on any atom is 0.0705 e. The highest BCUT2D eigenvalue weighted by Gasteiger charge is 2.46. The molecule has 0 fully saturated rings. The number of aryl methyl sites for hydroxylation is 1. The van der Waals surface area contributed by atoms with Crippen LogP contribution in [0.1, 0.15) is 58.2 Å². The van der Waals surface area contributed by atoms with Gasteiger partial charge in [0.15, 0.2) is 0 Å². The number of hydrogen-bond donors (Lipinski definition) is 0. The summed E-state index contributed by atoms with van der Waals surface area (Å²) in [6, 6.07) is 19.8. The quantitative estimate of drug-likeness (QED) is 0.445. The van der Waals surface area contributed by atoms with Gasteiger partial charge in [-0.2, -0.15) is 0 Å². The number of fused-ring (bicyclic) bond motifs is 1. The van der Waals surface area contributed by atoms with Crippen LogP contribution in [0.25, 0.3) is 22.4 Å². The van der Waals surface area contributed by atoms with Crippen molar-refractivity contribution in [2.75, 3.05) is 0 Å². The largest absolute Gasteiger partial charge is 0.256 e. The lowest BCUT2D eigenvalue weighted by atomic mass is 9.53. The summed E-state index contributed by atoms with van der Waals surface area (Å²) < 4.78 is 0. The van der Waals surface area contributed by atoms with Gasteiger partial charge in [0.25, 0.3) is 0 Å². The molecule has 0 spiro atoms. The summed E-state index contributed by atoms with van der Waals surface area (Å²) in [5.74, 6) is 1.26. The van der Waals surface area contributed by atoms with Gasteiger partial charge in [0, 0.05) is 17.3 Å². The van der Waals surface area contributed by atoms with Crippen LogP contribution in [-0.4, -0.2) is 4.98 Å². The maximum absolute atomic E-state index is 4.85. The van der Waals surface area contributed by atoms with Gasteiger partial charge in [-0.1, -0.05) is 84.0 Å². The SMILES string of the molecule is Cc1cc(-c2ccc3c(c2)C(C)(C)C(C)C(C)C3(C)C)ncc1-c1ccccc1. The third kappa shape index (κ3) is 3.12. The summed E-state index contributed by atoms with van der Waals surface area (Å²) in [7, 11) is 0. The van der Waals surface area contributed by atoms with Crippen molar-refractivity contribution < 1.29 is 0 Å². The van der Waals surface area contributed by atoms with Crippen LogP contribution < -0.4 is 0 Å². The highest BCUT2D eigenvalue weighted by molar-refractivity contribution is 5.71. The van der Waals surface area contributed by atoms with E-state index in [9.17, 15) is 0 Å². The Kier molecular flexibility index (Phi) is 4.69. The van der Waals surface area contributed by atoms with Gasteiger partial charge in [-0.05, 0) is 64.0 Å². The maximum atomic E-state index is 4.85. The summed E-state index contributed by atoms with van der Waals surface area (Å²) >= 11 is 0. The molecule has 0 saturated heterocycles. The third-order valence-corrected chi connectivity index (χ3v) is 7.93. The minimum Gasteiger partial charge on any atom is -0.256 e. The van der Waals surface area contributed by atoms with Gasteiger partial charge in [0.05, 0.1) is 5.69 Å². The molecule has 0 aliphatic heterocycles. The lowest BCUT2D eigenvalue weighted by Gasteiger charge is -2.51. The third-order valence-electron chi connectivity index (χ3n) is 7.93. The molecule has 29 heavy (non-hydrogen) atoms. The Labute approximate surface area is 176 Å². The Balaban J connectivity index is 1.81. The van der Waals surface area contributed by atoms with Crippen molar-refractivity contribution in [1.29, 1.82) is 0 Å². The van der Waals surface area contributed by atoms with E-state index in [1.807, 2.05) is 6.20 Å². The van der Waals surface area contributed by atoms with Crippen LogP contribution in [0.15, 0.2) is 60.8 Å². The highest BCUT2D eigenvalue weighted by atomic mass is 14.7. The van der Waals surface area contributed by atoms with Crippen LogP contribution in [0.4, 0.5) is 0 Å². The first-order chi connectivity index (χ1) is 13.6. The van der Waals surface area contributed by atoms with E-state index in [1.165, 1.54) is 33.4 Å². The van der Waals surface area contributed by atoms with Gasteiger partial charge in [-0.25, -0.2) is 0 Å². The first-order valence-electron chi connectivity index (χ1n) is 10.8. The molecule has 1 aliphatic carbocycles. The van der Waals surface area contributed by atoms with Gasteiger partial charge in [0.1, 0.15) is 0 Å². The molecule has 3 aromatic rings. The molecule has 1 nitrogen and oxygen atoms in total. The van der Waals surface area contributed by atoms with Crippen LogP contribution in [0.5, 0.6) is 0 Å². The number of hydrogen-bond acceptors (Lipinski definition) is 1. The number of pyridine rings is 1. The van der Waals surface area contributed by atoms with E-state index < -0.39 is 0 Å². The van der Waals surface area contributed by atoms with E-state index in [0.29, 0.717) is 11.8 Å². The van der Waals surface area contributed by atoms with Crippen LogP contribution in [0.3, 0.4) is 0 Å². The van der Waals surface area contributed by atoms with Crippen molar-refractivity contribution in [2.45, 2.75) is 59.3 Å². The molecule has 150 valence electrons. The number of aromatic nitrogens is 1. The van der Waals surface area contributed by atoms with Crippen molar-refractivity contribution >= 4 is 0 Å². The van der Waals surface area contributed by atoms with E-state index in [0.717, 1.165) is 5.69 Å². The molecule has 1 aromatic heterocycles. The monoisotopic (exact) mass is 383 g/mol. The molecule has 0 saturated carbocycles. The average molecular weight is 384 g/mol. The second-order valence-electron chi connectivity index (χ2n) is 10.0. The predicted molar refractivity (Wildman–Crippen MR) is 124 cm³/mol. The fourth-order valence-electron chi connectivity index (χ4n) is 5.17. The second-order valence-corrected chi connectivity index (χ2v) is 10.0. The second kappa shape index (κ2) is 6.83. The van der Waals surface area contributed by atoms with Gasteiger partial charge in [-0.15, -0.1) is 0 Å². The Bertz CT molecular complexity index is 1040. The zero-order chi connectivity index (χ0) is 21.0. The van der Waals surface area contributed by atoms with Crippen molar-refractivity contribution in [3.63, 3.8) is 0 Å². The first-order valence-corrected chi connectivity index (χ1v) is 10.8. The number of nitrogens with zero attached hydrogens (tertiary/aromatic N) is 1. The summed E-state index contributed by atoms with van der Waals surface area (Å²) in [4.78, 5) is 4.85. The van der Waals surface area contributed by atoms with E-state index in [1.54, 1.807) is 0 Å². The van der Waals surface area contributed by atoms with Crippen LogP contribution in [0, 0.1) is 18.8 Å². The number of benzene rings is 2. The standard InChI is InChI=1S/C28H33N/c1-18-15-26(29-17-23(18)21-11-9-8-10-12-21)22-13-14-24-25(16-22)28(6,7)20(3)19(2)27(24,4)5/h8-17,19-20H,1-7H3. The first kappa shape index (κ1) is 19.9.